The fraction of sp³-hybridized carbons (Fsp3) is 0.267. The number of imidazole rings is 1. The summed E-state index contributed by atoms with van der Waals surface area (Å²) in [6, 6.07) is 0. The summed E-state index contributed by atoms with van der Waals surface area (Å²) >= 11 is 0. The Morgan fingerprint density at radius 2 is 2.00 bits per heavy atom. The molecule has 3 rings (SSSR count). The molecule has 0 saturated carbocycles. The summed E-state index contributed by atoms with van der Waals surface area (Å²) in [4.78, 5) is 17.0. The summed E-state index contributed by atoms with van der Waals surface area (Å²) in [6.07, 6.45) is 5.26. The van der Waals surface area contributed by atoms with Crippen molar-refractivity contribution in [3.63, 3.8) is 0 Å². The molecular weight excluding hydrogens is 266 g/mol. The van der Waals surface area contributed by atoms with Crippen LogP contribution in [-0.4, -0.2) is 23.9 Å². The number of aryl methyl sites for hydroxylation is 4. The summed E-state index contributed by atoms with van der Waals surface area (Å²) in [7, 11) is 3.60. The van der Waals surface area contributed by atoms with Crippen molar-refractivity contribution in [1.29, 1.82) is 0 Å². The van der Waals surface area contributed by atoms with Gasteiger partial charge in [-0.05, 0) is 19.9 Å². The van der Waals surface area contributed by atoms with Crippen molar-refractivity contribution >= 4 is 17.1 Å². The minimum absolute atomic E-state index is 0.104. The first kappa shape index (κ1) is 13.4. The molecule has 3 aromatic heterocycles. The first-order valence-corrected chi connectivity index (χ1v) is 6.65. The first-order valence-electron chi connectivity index (χ1n) is 6.65. The standard InChI is InChI=1S/C15H17N5O/c1-6-11-9(2)14-12(7-16-11)19(5)15(21)20(14)13-8-18(4)17-10(13)3/h6-8H,1H2,2-5H3. The highest BCUT2D eigenvalue weighted by Gasteiger charge is 2.18. The molecule has 0 N–H and O–H groups in total. The minimum Gasteiger partial charge on any atom is -0.293 e. The molecule has 3 heterocycles. The Bertz CT molecular complexity index is 926. The van der Waals surface area contributed by atoms with Crippen molar-refractivity contribution in [2.75, 3.05) is 0 Å². The molecule has 0 unspecified atom stereocenters. The number of rotatable bonds is 2. The van der Waals surface area contributed by atoms with E-state index in [1.807, 2.05) is 27.1 Å². The Morgan fingerprint density at radius 3 is 2.57 bits per heavy atom. The van der Waals surface area contributed by atoms with E-state index >= 15 is 0 Å². The number of nitrogens with zero attached hydrogens (tertiary/aromatic N) is 5. The van der Waals surface area contributed by atoms with Crippen LogP contribution in [-0.2, 0) is 14.1 Å². The van der Waals surface area contributed by atoms with Crippen molar-refractivity contribution in [1.82, 2.24) is 23.9 Å². The minimum atomic E-state index is -0.104. The quantitative estimate of drug-likeness (QED) is 0.719. The summed E-state index contributed by atoms with van der Waals surface area (Å²) in [6.45, 7) is 7.63. The van der Waals surface area contributed by atoms with Crippen LogP contribution in [0.1, 0.15) is 17.0 Å². The second kappa shape index (κ2) is 4.44. The molecule has 0 saturated heterocycles. The van der Waals surface area contributed by atoms with Crippen LogP contribution in [0.4, 0.5) is 0 Å². The van der Waals surface area contributed by atoms with Crippen molar-refractivity contribution in [2.24, 2.45) is 14.1 Å². The topological polar surface area (TPSA) is 57.6 Å². The van der Waals surface area contributed by atoms with Gasteiger partial charge in [0.15, 0.2) is 0 Å². The normalized spacial score (nSPS) is 11.2. The Morgan fingerprint density at radius 1 is 1.29 bits per heavy atom. The van der Waals surface area contributed by atoms with Gasteiger partial charge in [0, 0.05) is 25.9 Å². The average molecular weight is 283 g/mol. The van der Waals surface area contributed by atoms with Gasteiger partial charge in [-0.15, -0.1) is 0 Å². The second-order valence-electron chi connectivity index (χ2n) is 5.16. The largest absolute Gasteiger partial charge is 0.333 e. The van der Waals surface area contributed by atoms with Gasteiger partial charge in [0.25, 0.3) is 0 Å². The van der Waals surface area contributed by atoms with Crippen LogP contribution in [0.5, 0.6) is 0 Å². The fourth-order valence-corrected chi connectivity index (χ4v) is 2.71. The third-order valence-corrected chi connectivity index (χ3v) is 3.79. The summed E-state index contributed by atoms with van der Waals surface area (Å²) in [5.74, 6) is 0. The fourth-order valence-electron chi connectivity index (χ4n) is 2.71. The third kappa shape index (κ3) is 1.75. The van der Waals surface area contributed by atoms with Crippen molar-refractivity contribution in [2.45, 2.75) is 13.8 Å². The van der Waals surface area contributed by atoms with Gasteiger partial charge in [0.1, 0.15) is 0 Å². The number of hydrogen-bond donors (Lipinski definition) is 0. The predicted octanol–water partition coefficient (Wildman–Crippen LogP) is 1.72. The van der Waals surface area contributed by atoms with Gasteiger partial charge >= 0.3 is 5.69 Å². The maximum absolute atomic E-state index is 12.6. The highest BCUT2D eigenvalue weighted by molar-refractivity contribution is 5.83. The van der Waals surface area contributed by atoms with Crippen LogP contribution in [0.2, 0.25) is 0 Å². The predicted molar refractivity (Wildman–Crippen MR) is 82.6 cm³/mol. The Kier molecular flexibility index (Phi) is 2.83. The average Bonchev–Trinajstić information content (AvgIpc) is 2.90. The van der Waals surface area contributed by atoms with Crippen LogP contribution in [0.15, 0.2) is 23.8 Å². The van der Waals surface area contributed by atoms with E-state index in [4.69, 9.17) is 0 Å². The monoisotopic (exact) mass is 283 g/mol. The van der Waals surface area contributed by atoms with E-state index in [0.29, 0.717) is 0 Å². The molecule has 0 aliphatic rings. The Labute approximate surface area is 122 Å². The van der Waals surface area contributed by atoms with E-state index in [1.54, 1.807) is 33.1 Å². The van der Waals surface area contributed by atoms with Gasteiger partial charge in [-0.25, -0.2) is 4.79 Å². The van der Waals surface area contributed by atoms with E-state index < -0.39 is 0 Å². The molecule has 0 radical (unpaired) electrons. The molecule has 0 aromatic carbocycles. The highest BCUT2D eigenvalue weighted by atomic mass is 16.1. The number of hydrogen-bond acceptors (Lipinski definition) is 3. The maximum Gasteiger partial charge on any atom is 0.333 e. The molecule has 6 nitrogen and oxygen atoms in total. The smallest absolute Gasteiger partial charge is 0.293 e. The molecule has 0 bridgehead atoms. The lowest BCUT2D eigenvalue weighted by molar-refractivity contribution is 0.756. The summed E-state index contributed by atoms with van der Waals surface area (Å²) in [5, 5.41) is 4.33. The lowest BCUT2D eigenvalue weighted by Crippen LogP contribution is -2.21. The van der Waals surface area contributed by atoms with Crippen molar-refractivity contribution in [3.8, 4) is 5.69 Å². The van der Waals surface area contributed by atoms with Gasteiger partial charge in [-0.1, -0.05) is 6.58 Å². The molecule has 108 valence electrons. The van der Waals surface area contributed by atoms with Crippen molar-refractivity contribution in [3.05, 3.63) is 46.4 Å². The van der Waals surface area contributed by atoms with Crippen LogP contribution in [0.3, 0.4) is 0 Å². The molecule has 0 fully saturated rings. The molecule has 3 aromatic rings. The van der Waals surface area contributed by atoms with E-state index in [0.717, 1.165) is 33.7 Å². The zero-order chi connectivity index (χ0) is 15.3. The summed E-state index contributed by atoms with van der Waals surface area (Å²) < 4.78 is 5.01. The third-order valence-electron chi connectivity index (χ3n) is 3.79. The maximum atomic E-state index is 12.6. The lowest BCUT2D eigenvalue weighted by Gasteiger charge is -2.06. The molecule has 0 aliphatic heterocycles. The van der Waals surface area contributed by atoms with Gasteiger partial charge in [0.05, 0.1) is 34.3 Å². The molecule has 21 heavy (non-hydrogen) atoms. The molecule has 0 aliphatic carbocycles. The number of pyridine rings is 1. The molecule has 0 amide bonds. The molecule has 0 spiro atoms. The zero-order valence-corrected chi connectivity index (χ0v) is 12.6. The van der Waals surface area contributed by atoms with Gasteiger partial charge in [-0.3, -0.25) is 18.8 Å². The van der Waals surface area contributed by atoms with Gasteiger partial charge in [0.2, 0.25) is 0 Å². The lowest BCUT2D eigenvalue weighted by atomic mass is 10.2. The zero-order valence-electron chi connectivity index (χ0n) is 12.6. The molecule has 6 heteroatoms. The first-order chi connectivity index (χ1) is 9.95. The molecule has 0 atom stereocenters. The Balaban J connectivity index is 2.53. The van der Waals surface area contributed by atoms with Gasteiger partial charge in [-0.2, -0.15) is 5.10 Å². The van der Waals surface area contributed by atoms with E-state index in [9.17, 15) is 4.79 Å². The number of fused-ring (bicyclic) bond motifs is 1. The molecular formula is C15H17N5O. The van der Waals surface area contributed by atoms with Crippen LogP contribution >= 0.6 is 0 Å². The second-order valence-corrected chi connectivity index (χ2v) is 5.16. The Hall–Kier alpha value is -2.63. The van der Waals surface area contributed by atoms with Crippen LogP contribution in [0.25, 0.3) is 22.8 Å². The SMILES string of the molecule is C=Cc1ncc2c(c1C)n(-c1cn(C)nc1C)c(=O)n2C. The highest BCUT2D eigenvalue weighted by Crippen LogP contribution is 2.23. The number of aromatic nitrogens is 5. The van der Waals surface area contributed by atoms with E-state index in [-0.39, 0.29) is 5.69 Å². The van der Waals surface area contributed by atoms with E-state index in [1.165, 1.54) is 0 Å². The van der Waals surface area contributed by atoms with E-state index in [2.05, 4.69) is 16.7 Å². The van der Waals surface area contributed by atoms with Crippen molar-refractivity contribution < 1.29 is 0 Å². The van der Waals surface area contributed by atoms with Crippen LogP contribution in [0, 0.1) is 13.8 Å². The van der Waals surface area contributed by atoms with Gasteiger partial charge < -0.3 is 0 Å². The van der Waals surface area contributed by atoms with Crippen LogP contribution < -0.4 is 5.69 Å². The summed E-state index contributed by atoms with van der Waals surface area (Å²) in [5.41, 5.74) is 4.86.